The predicted molar refractivity (Wildman–Crippen MR) is 101 cm³/mol. The molecule has 3 heterocycles. The third kappa shape index (κ3) is 3.55. The van der Waals surface area contributed by atoms with Crippen molar-refractivity contribution in [2.75, 3.05) is 38.3 Å². The lowest BCUT2D eigenvalue weighted by molar-refractivity contribution is -0.0797. The first-order valence-electron chi connectivity index (χ1n) is 8.46. The minimum Gasteiger partial charge on any atom is -0.378 e. The first-order valence-corrected chi connectivity index (χ1v) is 9.26. The number of benzene rings is 1. The normalized spacial score (nSPS) is 16.1. The second kappa shape index (κ2) is 7.51. The Balaban J connectivity index is 1.87. The quantitative estimate of drug-likeness (QED) is 0.634. The number of nitrogens with zero attached hydrogens (tertiary/aromatic N) is 4. The third-order valence-corrected chi connectivity index (χ3v) is 4.94. The molecule has 0 amide bonds. The van der Waals surface area contributed by atoms with Crippen LogP contribution >= 0.6 is 15.9 Å². The van der Waals surface area contributed by atoms with Crippen molar-refractivity contribution in [1.29, 1.82) is 0 Å². The summed E-state index contributed by atoms with van der Waals surface area (Å²) in [7, 11) is 1.41. The van der Waals surface area contributed by atoms with E-state index in [1.165, 1.54) is 13.2 Å². The lowest BCUT2D eigenvalue weighted by Crippen LogP contribution is -2.37. The topological polar surface area (TPSA) is 72.1 Å². The highest BCUT2D eigenvalue weighted by molar-refractivity contribution is 9.10. The number of ether oxygens (including phenoxy) is 2. The van der Waals surface area contributed by atoms with E-state index in [9.17, 15) is 9.50 Å². The van der Waals surface area contributed by atoms with Crippen LogP contribution in [0.2, 0.25) is 0 Å². The Morgan fingerprint density at radius 3 is 2.74 bits per heavy atom. The minimum absolute atomic E-state index is 0.370. The number of hydrogen-bond donors (Lipinski definition) is 1. The Bertz CT molecular complexity index is 975. The van der Waals surface area contributed by atoms with Crippen molar-refractivity contribution in [3.05, 3.63) is 46.3 Å². The SMILES string of the molecule is COC(O)c1cc(N2CCOCC2)n2nc(-c3ccc(Br)cc3F)cc2n1. The van der Waals surface area contributed by atoms with Crippen molar-refractivity contribution in [3.8, 4) is 11.3 Å². The molecule has 0 spiro atoms. The largest absolute Gasteiger partial charge is 0.378 e. The molecule has 0 saturated carbocycles. The van der Waals surface area contributed by atoms with Gasteiger partial charge in [-0.05, 0) is 18.2 Å². The summed E-state index contributed by atoms with van der Waals surface area (Å²) in [4.78, 5) is 6.53. The van der Waals surface area contributed by atoms with Crippen LogP contribution in [0.1, 0.15) is 12.0 Å². The van der Waals surface area contributed by atoms with Crippen LogP contribution < -0.4 is 4.90 Å². The summed E-state index contributed by atoms with van der Waals surface area (Å²) in [6.45, 7) is 2.57. The van der Waals surface area contributed by atoms with Gasteiger partial charge in [-0.2, -0.15) is 9.61 Å². The molecule has 1 aliphatic heterocycles. The highest BCUT2D eigenvalue weighted by atomic mass is 79.9. The number of anilines is 1. The Morgan fingerprint density at radius 1 is 1.26 bits per heavy atom. The van der Waals surface area contributed by atoms with Gasteiger partial charge in [-0.15, -0.1) is 0 Å². The van der Waals surface area contributed by atoms with Gasteiger partial charge in [0.05, 0.1) is 18.9 Å². The predicted octanol–water partition coefficient (Wildman–Crippen LogP) is 2.77. The Kier molecular flexibility index (Phi) is 5.09. The molecule has 7 nitrogen and oxygen atoms in total. The van der Waals surface area contributed by atoms with Crippen molar-refractivity contribution in [1.82, 2.24) is 14.6 Å². The van der Waals surface area contributed by atoms with Gasteiger partial charge in [0.25, 0.3) is 0 Å². The van der Waals surface area contributed by atoms with Crippen LogP contribution in [0.4, 0.5) is 10.2 Å². The van der Waals surface area contributed by atoms with Crippen molar-refractivity contribution in [3.63, 3.8) is 0 Å². The molecular weight excluding hydrogens is 419 g/mol. The molecule has 9 heteroatoms. The van der Waals surface area contributed by atoms with Gasteiger partial charge in [-0.25, -0.2) is 9.37 Å². The van der Waals surface area contributed by atoms with E-state index in [-0.39, 0.29) is 5.82 Å². The number of aromatic nitrogens is 3. The zero-order valence-electron chi connectivity index (χ0n) is 14.6. The van der Waals surface area contributed by atoms with Crippen LogP contribution in [-0.2, 0) is 9.47 Å². The molecule has 1 aromatic carbocycles. The van der Waals surface area contributed by atoms with E-state index in [0.29, 0.717) is 53.4 Å². The maximum Gasteiger partial charge on any atom is 0.198 e. The van der Waals surface area contributed by atoms with Gasteiger partial charge in [0, 0.05) is 42.4 Å². The number of aliphatic hydroxyl groups is 1. The molecule has 142 valence electrons. The molecule has 0 aliphatic carbocycles. The number of morpholine rings is 1. The van der Waals surface area contributed by atoms with Crippen LogP contribution in [0.3, 0.4) is 0 Å². The molecule has 1 saturated heterocycles. The fraction of sp³-hybridized carbons (Fsp3) is 0.333. The Labute approximate surface area is 163 Å². The standard InChI is InChI=1S/C18H18BrFN4O3/c1-26-18(25)15-10-17(23-4-6-27-7-5-23)24-16(21-15)9-14(22-24)12-3-2-11(19)8-13(12)20/h2-3,8-10,18,25H,4-7H2,1H3. The van der Waals surface area contributed by atoms with Gasteiger partial charge in [0.15, 0.2) is 11.9 Å². The number of methoxy groups -OCH3 is 1. The number of fused-ring (bicyclic) bond motifs is 1. The smallest absolute Gasteiger partial charge is 0.198 e. The number of aliphatic hydroxyl groups excluding tert-OH is 1. The Morgan fingerprint density at radius 2 is 2.04 bits per heavy atom. The fourth-order valence-electron chi connectivity index (χ4n) is 3.07. The van der Waals surface area contributed by atoms with Gasteiger partial charge in [0.1, 0.15) is 17.3 Å². The molecule has 4 rings (SSSR count). The van der Waals surface area contributed by atoms with E-state index < -0.39 is 6.29 Å². The summed E-state index contributed by atoms with van der Waals surface area (Å²) < 4.78 is 27.1. The third-order valence-electron chi connectivity index (χ3n) is 4.45. The van der Waals surface area contributed by atoms with E-state index in [1.807, 2.05) is 0 Å². The van der Waals surface area contributed by atoms with Gasteiger partial charge in [0.2, 0.25) is 0 Å². The molecule has 0 bridgehead atoms. The van der Waals surface area contributed by atoms with Gasteiger partial charge >= 0.3 is 0 Å². The molecule has 1 unspecified atom stereocenters. The van der Waals surface area contributed by atoms with Crippen molar-refractivity contribution < 1.29 is 19.0 Å². The zero-order chi connectivity index (χ0) is 19.0. The highest BCUT2D eigenvalue weighted by Gasteiger charge is 2.21. The molecule has 1 fully saturated rings. The summed E-state index contributed by atoms with van der Waals surface area (Å²) in [5, 5.41) is 14.7. The van der Waals surface area contributed by atoms with Crippen LogP contribution in [-0.4, -0.2) is 53.1 Å². The van der Waals surface area contributed by atoms with Gasteiger partial charge in [-0.1, -0.05) is 15.9 Å². The van der Waals surface area contributed by atoms with E-state index in [1.54, 1.807) is 28.8 Å². The molecule has 1 atom stereocenters. The fourth-order valence-corrected chi connectivity index (χ4v) is 3.40. The van der Waals surface area contributed by atoms with E-state index in [4.69, 9.17) is 9.47 Å². The lowest BCUT2D eigenvalue weighted by Gasteiger charge is -2.29. The number of hydrogen-bond acceptors (Lipinski definition) is 6. The minimum atomic E-state index is -1.16. The highest BCUT2D eigenvalue weighted by Crippen LogP contribution is 2.28. The first kappa shape index (κ1) is 18.3. The molecule has 2 aromatic heterocycles. The van der Waals surface area contributed by atoms with E-state index in [2.05, 4.69) is 30.9 Å². The first-order chi connectivity index (χ1) is 13.1. The zero-order valence-corrected chi connectivity index (χ0v) is 16.2. The summed E-state index contributed by atoms with van der Waals surface area (Å²) in [6, 6.07) is 8.26. The van der Waals surface area contributed by atoms with Crippen LogP contribution in [0.5, 0.6) is 0 Å². The van der Waals surface area contributed by atoms with Crippen molar-refractivity contribution >= 4 is 27.4 Å². The number of halogens is 2. The second-order valence-electron chi connectivity index (χ2n) is 6.15. The maximum atomic E-state index is 14.4. The molecule has 3 aromatic rings. The van der Waals surface area contributed by atoms with Crippen LogP contribution in [0.15, 0.2) is 34.8 Å². The molecule has 1 aliphatic rings. The second-order valence-corrected chi connectivity index (χ2v) is 7.07. The summed E-state index contributed by atoms with van der Waals surface area (Å²) in [5.41, 5.74) is 1.72. The molecular formula is C18H18BrFN4O3. The van der Waals surface area contributed by atoms with Crippen molar-refractivity contribution in [2.24, 2.45) is 0 Å². The monoisotopic (exact) mass is 436 g/mol. The maximum absolute atomic E-state index is 14.4. The van der Waals surface area contributed by atoms with Crippen molar-refractivity contribution in [2.45, 2.75) is 6.29 Å². The number of rotatable bonds is 4. The lowest BCUT2D eigenvalue weighted by atomic mass is 10.1. The summed E-state index contributed by atoms with van der Waals surface area (Å²) in [6.07, 6.45) is -1.16. The van der Waals surface area contributed by atoms with Crippen LogP contribution in [0.25, 0.3) is 16.9 Å². The molecule has 27 heavy (non-hydrogen) atoms. The summed E-state index contributed by atoms with van der Waals surface area (Å²) in [5.74, 6) is 0.371. The molecule has 1 N–H and O–H groups in total. The summed E-state index contributed by atoms with van der Waals surface area (Å²) >= 11 is 3.26. The Hall–Kier alpha value is -2.07. The van der Waals surface area contributed by atoms with Gasteiger partial charge < -0.3 is 19.5 Å². The average molecular weight is 437 g/mol. The molecule has 0 radical (unpaired) electrons. The average Bonchev–Trinajstić information content (AvgIpc) is 3.11. The van der Waals surface area contributed by atoms with E-state index >= 15 is 0 Å². The van der Waals surface area contributed by atoms with Crippen LogP contribution in [0, 0.1) is 5.82 Å². The van der Waals surface area contributed by atoms with Gasteiger partial charge in [-0.3, -0.25) is 0 Å². The van der Waals surface area contributed by atoms with E-state index in [0.717, 1.165) is 5.82 Å².